The molecule has 3 aromatic rings. The van der Waals surface area contributed by atoms with Crippen molar-refractivity contribution in [1.82, 2.24) is 4.98 Å². The van der Waals surface area contributed by atoms with Crippen LogP contribution in [0.1, 0.15) is 20.8 Å². The summed E-state index contributed by atoms with van der Waals surface area (Å²) >= 11 is 7.38. The molecule has 0 bridgehead atoms. The maximum absolute atomic E-state index is 12.4. The number of thiazole rings is 1. The summed E-state index contributed by atoms with van der Waals surface area (Å²) in [7, 11) is 3.89. The molecule has 6 heteroatoms. The molecular formula is C19H18ClN3OS. The van der Waals surface area contributed by atoms with Gasteiger partial charge >= 0.3 is 0 Å². The van der Waals surface area contributed by atoms with Gasteiger partial charge in [0.2, 0.25) is 0 Å². The molecule has 1 aromatic heterocycles. The van der Waals surface area contributed by atoms with Crippen LogP contribution in [0, 0.1) is 0 Å². The van der Waals surface area contributed by atoms with E-state index in [0.717, 1.165) is 27.6 Å². The van der Waals surface area contributed by atoms with E-state index in [-0.39, 0.29) is 5.91 Å². The molecule has 1 N–H and O–H groups in total. The molecule has 2 aromatic carbocycles. The topological polar surface area (TPSA) is 45.2 Å². The van der Waals surface area contributed by atoms with Crippen molar-refractivity contribution in [2.24, 2.45) is 0 Å². The van der Waals surface area contributed by atoms with Crippen LogP contribution in [-0.4, -0.2) is 25.0 Å². The van der Waals surface area contributed by atoms with Gasteiger partial charge in [-0.3, -0.25) is 10.1 Å². The number of hydrogen-bond donors (Lipinski definition) is 1. The fourth-order valence-corrected chi connectivity index (χ4v) is 3.31. The second kappa shape index (κ2) is 7.68. The first-order chi connectivity index (χ1) is 12.0. The molecule has 0 atom stereocenters. The first-order valence-electron chi connectivity index (χ1n) is 7.79. The molecule has 0 aliphatic heterocycles. The van der Waals surface area contributed by atoms with E-state index in [1.54, 1.807) is 12.3 Å². The van der Waals surface area contributed by atoms with Crippen molar-refractivity contribution in [3.8, 4) is 0 Å². The number of carbonyl (C=O) groups is 1. The van der Waals surface area contributed by atoms with Crippen LogP contribution < -0.4 is 10.2 Å². The van der Waals surface area contributed by atoms with Gasteiger partial charge in [-0.15, -0.1) is 11.3 Å². The lowest BCUT2D eigenvalue weighted by molar-refractivity contribution is 0.102. The van der Waals surface area contributed by atoms with Crippen molar-refractivity contribution in [2.45, 2.75) is 6.42 Å². The Morgan fingerprint density at radius 2 is 1.96 bits per heavy atom. The third kappa shape index (κ3) is 4.59. The van der Waals surface area contributed by atoms with Crippen molar-refractivity contribution in [1.29, 1.82) is 0 Å². The Balaban J connectivity index is 1.67. The third-order valence-corrected chi connectivity index (χ3v) is 4.86. The highest BCUT2D eigenvalue weighted by Crippen LogP contribution is 2.23. The number of benzene rings is 2. The zero-order valence-electron chi connectivity index (χ0n) is 14.0. The molecular weight excluding hydrogens is 354 g/mol. The Bertz CT molecular complexity index is 874. The van der Waals surface area contributed by atoms with Crippen LogP contribution in [0.15, 0.2) is 54.7 Å². The standard InChI is InChI=1S/C19H18ClN3OS/c1-23(2)16-5-3-4-14(11-16)18(24)22-19-21-12-17(25-19)10-13-6-8-15(20)9-7-13/h3-9,11-12H,10H2,1-2H3,(H,21,22,24). The molecule has 0 spiro atoms. The quantitative estimate of drug-likeness (QED) is 0.706. The van der Waals surface area contributed by atoms with Gasteiger partial charge in [-0.2, -0.15) is 0 Å². The largest absolute Gasteiger partial charge is 0.378 e. The zero-order valence-corrected chi connectivity index (χ0v) is 15.6. The lowest BCUT2D eigenvalue weighted by atomic mass is 10.1. The van der Waals surface area contributed by atoms with Gasteiger partial charge in [0, 0.05) is 47.9 Å². The van der Waals surface area contributed by atoms with Gasteiger partial charge in [-0.1, -0.05) is 29.8 Å². The summed E-state index contributed by atoms with van der Waals surface area (Å²) in [4.78, 5) is 19.8. The van der Waals surface area contributed by atoms with E-state index in [0.29, 0.717) is 10.7 Å². The van der Waals surface area contributed by atoms with Gasteiger partial charge in [0.1, 0.15) is 0 Å². The minimum Gasteiger partial charge on any atom is -0.378 e. The summed E-state index contributed by atoms with van der Waals surface area (Å²) in [5.41, 5.74) is 2.75. The summed E-state index contributed by atoms with van der Waals surface area (Å²) in [5, 5.41) is 4.19. The highest BCUT2D eigenvalue weighted by Gasteiger charge is 2.10. The third-order valence-electron chi connectivity index (χ3n) is 3.69. The number of amides is 1. The first kappa shape index (κ1) is 17.5. The minimum atomic E-state index is -0.156. The summed E-state index contributed by atoms with van der Waals surface area (Å²) in [6, 6.07) is 15.2. The number of halogens is 1. The van der Waals surface area contributed by atoms with Gasteiger partial charge in [0.25, 0.3) is 5.91 Å². The van der Waals surface area contributed by atoms with Crippen molar-refractivity contribution in [3.63, 3.8) is 0 Å². The molecule has 1 heterocycles. The molecule has 0 radical (unpaired) electrons. The molecule has 0 fully saturated rings. The van der Waals surface area contributed by atoms with Crippen LogP contribution in [0.5, 0.6) is 0 Å². The number of rotatable bonds is 5. The molecule has 0 saturated carbocycles. The molecule has 0 aliphatic rings. The molecule has 0 aliphatic carbocycles. The number of carbonyl (C=O) groups excluding carboxylic acids is 1. The van der Waals surface area contributed by atoms with E-state index >= 15 is 0 Å². The summed E-state index contributed by atoms with van der Waals surface area (Å²) in [6.45, 7) is 0. The Kier molecular flexibility index (Phi) is 5.36. The number of aromatic nitrogens is 1. The fraction of sp³-hybridized carbons (Fsp3) is 0.158. The number of anilines is 2. The van der Waals surface area contributed by atoms with Gasteiger partial charge in [-0.05, 0) is 35.9 Å². The lowest BCUT2D eigenvalue weighted by Crippen LogP contribution is -2.14. The lowest BCUT2D eigenvalue weighted by Gasteiger charge is -2.13. The van der Waals surface area contributed by atoms with Crippen molar-refractivity contribution < 1.29 is 4.79 Å². The second-order valence-corrected chi connectivity index (χ2v) is 7.39. The maximum Gasteiger partial charge on any atom is 0.257 e. The van der Waals surface area contributed by atoms with Crippen molar-refractivity contribution in [3.05, 3.63) is 75.8 Å². The van der Waals surface area contributed by atoms with E-state index in [1.807, 2.05) is 61.5 Å². The summed E-state index contributed by atoms with van der Waals surface area (Å²) < 4.78 is 0. The van der Waals surface area contributed by atoms with Gasteiger partial charge < -0.3 is 4.90 Å². The van der Waals surface area contributed by atoms with Crippen LogP contribution >= 0.6 is 22.9 Å². The predicted octanol–water partition coefficient (Wildman–Crippen LogP) is 4.71. The van der Waals surface area contributed by atoms with Crippen molar-refractivity contribution in [2.75, 3.05) is 24.3 Å². The molecule has 25 heavy (non-hydrogen) atoms. The minimum absolute atomic E-state index is 0.156. The fourth-order valence-electron chi connectivity index (χ4n) is 2.35. The van der Waals surface area contributed by atoms with Crippen LogP contribution in [-0.2, 0) is 6.42 Å². The Morgan fingerprint density at radius 1 is 1.20 bits per heavy atom. The average molecular weight is 372 g/mol. The smallest absolute Gasteiger partial charge is 0.257 e. The molecule has 0 saturated heterocycles. The Labute approximate surface area is 156 Å². The second-order valence-electron chi connectivity index (χ2n) is 5.83. The highest BCUT2D eigenvalue weighted by molar-refractivity contribution is 7.15. The van der Waals surface area contributed by atoms with Crippen LogP contribution in [0.25, 0.3) is 0 Å². The highest BCUT2D eigenvalue weighted by atomic mass is 35.5. The van der Waals surface area contributed by atoms with Crippen LogP contribution in [0.2, 0.25) is 5.02 Å². The number of hydrogen-bond acceptors (Lipinski definition) is 4. The van der Waals surface area contributed by atoms with Gasteiger partial charge in [0.05, 0.1) is 0 Å². The van der Waals surface area contributed by atoms with Gasteiger partial charge in [-0.25, -0.2) is 4.98 Å². The Morgan fingerprint density at radius 3 is 2.68 bits per heavy atom. The van der Waals surface area contributed by atoms with E-state index in [2.05, 4.69) is 10.3 Å². The van der Waals surface area contributed by atoms with Crippen LogP contribution in [0.3, 0.4) is 0 Å². The molecule has 4 nitrogen and oxygen atoms in total. The molecule has 1 amide bonds. The van der Waals surface area contributed by atoms with E-state index in [4.69, 9.17) is 11.6 Å². The summed E-state index contributed by atoms with van der Waals surface area (Å²) in [6.07, 6.45) is 2.56. The molecule has 3 rings (SSSR count). The predicted molar refractivity (Wildman–Crippen MR) is 105 cm³/mol. The average Bonchev–Trinajstić information content (AvgIpc) is 3.04. The van der Waals surface area contributed by atoms with Crippen LogP contribution in [0.4, 0.5) is 10.8 Å². The normalized spacial score (nSPS) is 10.5. The number of nitrogens with one attached hydrogen (secondary N) is 1. The molecule has 0 unspecified atom stereocenters. The maximum atomic E-state index is 12.4. The molecule has 128 valence electrons. The SMILES string of the molecule is CN(C)c1cccc(C(=O)Nc2ncc(Cc3ccc(Cl)cc3)s2)c1. The first-order valence-corrected chi connectivity index (χ1v) is 8.98. The van der Waals surface area contributed by atoms with E-state index in [9.17, 15) is 4.79 Å². The van der Waals surface area contributed by atoms with Crippen molar-refractivity contribution >= 4 is 39.7 Å². The monoisotopic (exact) mass is 371 g/mol. The zero-order chi connectivity index (χ0) is 17.8. The Hall–Kier alpha value is -2.37. The van der Waals surface area contributed by atoms with E-state index < -0.39 is 0 Å². The van der Waals surface area contributed by atoms with E-state index in [1.165, 1.54) is 11.3 Å². The van der Waals surface area contributed by atoms with Gasteiger partial charge in [0.15, 0.2) is 5.13 Å². The summed E-state index contributed by atoms with van der Waals surface area (Å²) in [5.74, 6) is -0.156. The number of nitrogens with zero attached hydrogens (tertiary/aromatic N) is 2.